The van der Waals surface area contributed by atoms with Crippen LogP contribution >= 0.6 is 11.6 Å². The van der Waals surface area contributed by atoms with Crippen LogP contribution in [-0.2, 0) is 11.3 Å². The quantitative estimate of drug-likeness (QED) is 0.862. The van der Waals surface area contributed by atoms with Gasteiger partial charge in [-0.3, -0.25) is 9.69 Å². The van der Waals surface area contributed by atoms with Gasteiger partial charge < -0.3 is 10.1 Å². The predicted octanol–water partition coefficient (Wildman–Crippen LogP) is 3.95. The van der Waals surface area contributed by atoms with Crippen molar-refractivity contribution in [3.05, 3.63) is 59.1 Å². The van der Waals surface area contributed by atoms with E-state index in [1.165, 1.54) is 31.5 Å². The van der Waals surface area contributed by atoms with Gasteiger partial charge in [-0.2, -0.15) is 0 Å². The first-order valence-electron chi connectivity index (χ1n) is 8.18. The molecule has 0 aliphatic carbocycles. The van der Waals surface area contributed by atoms with Gasteiger partial charge >= 0.3 is 0 Å². The van der Waals surface area contributed by atoms with Crippen LogP contribution in [0, 0.1) is 0 Å². The van der Waals surface area contributed by atoms with Crippen molar-refractivity contribution < 1.29 is 9.53 Å². The first-order valence-corrected chi connectivity index (χ1v) is 8.56. The van der Waals surface area contributed by atoms with Gasteiger partial charge in [-0.15, -0.1) is 0 Å². The van der Waals surface area contributed by atoms with Crippen molar-refractivity contribution in [1.29, 1.82) is 0 Å². The summed E-state index contributed by atoms with van der Waals surface area (Å²) >= 11 is 5.81. The number of benzene rings is 2. The Hall–Kier alpha value is -2.04. The summed E-state index contributed by atoms with van der Waals surface area (Å²) in [7, 11) is 0. The van der Waals surface area contributed by atoms with Gasteiger partial charge in [0.1, 0.15) is 5.75 Å². The minimum atomic E-state index is -0.183. The second kappa shape index (κ2) is 8.18. The van der Waals surface area contributed by atoms with Crippen molar-refractivity contribution in [2.24, 2.45) is 0 Å². The molecule has 0 radical (unpaired) electrons. The van der Waals surface area contributed by atoms with E-state index in [4.69, 9.17) is 16.3 Å². The Morgan fingerprint density at radius 3 is 2.38 bits per heavy atom. The largest absolute Gasteiger partial charge is 0.484 e. The van der Waals surface area contributed by atoms with Crippen LogP contribution in [0.25, 0.3) is 0 Å². The van der Waals surface area contributed by atoms with Crippen LogP contribution in [0.1, 0.15) is 18.4 Å². The molecule has 1 aliphatic heterocycles. The molecule has 2 aromatic rings. The lowest BCUT2D eigenvalue weighted by atomic mass is 10.2. The number of ether oxygens (including phenoxy) is 1. The molecule has 126 valence electrons. The van der Waals surface area contributed by atoms with Crippen LogP contribution in [-0.4, -0.2) is 30.5 Å². The monoisotopic (exact) mass is 344 g/mol. The zero-order valence-corrected chi connectivity index (χ0v) is 14.3. The van der Waals surface area contributed by atoms with Crippen LogP contribution < -0.4 is 10.1 Å². The number of carbonyl (C=O) groups excluding carboxylic acids is 1. The summed E-state index contributed by atoms with van der Waals surface area (Å²) in [6.45, 7) is 3.31. The second-order valence-corrected chi connectivity index (χ2v) is 6.41. The maximum Gasteiger partial charge on any atom is 0.262 e. The fourth-order valence-electron chi connectivity index (χ4n) is 2.77. The molecular formula is C19H21ClN2O2. The number of likely N-dealkylation sites (tertiary alicyclic amines) is 1. The number of nitrogens with zero attached hydrogens (tertiary/aromatic N) is 1. The molecule has 1 N–H and O–H groups in total. The Bertz CT molecular complexity index is 665. The number of rotatable bonds is 6. The van der Waals surface area contributed by atoms with Gasteiger partial charge in [-0.05, 0) is 67.9 Å². The van der Waals surface area contributed by atoms with E-state index < -0.39 is 0 Å². The second-order valence-electron chi connectivity index (χ2n) is 5.97. The number of nitrogens with one attached hydrogen (secondary N) is 1. The topological polar surface area (TPSA) is 41.6 Å². The molecule has 0 bridgehead atoms. The molecule has 1 fully saturated rings. The summed E-state index contributed by atoms with van der Waals surface area (Å²) in [4.78, 5) is 14.4. The van der Waals surface area contributed by atoms with Gasteiger partial charge in [0.25, 0.3) is 5.91 Å². The Morgan fingerprint density at radius 1 is 1.04 bits per heavy atom. The SMILES string of the molecule is O=C(COc1ccc(Cl)cc1)Nc1ccc(CN2CCCC2)cc1. The third-order valence-corrected chi connectivity index (χ3v) is 4.28. The molecule has 1 amide bonds. The van der Waals surface area contributed by atoms with Crippen LogP contribution in [0.3, 0.4) is 0 Å². The summed E-state index contributed by atoms with van der Waals surface area (Å²) < 4.78 is 5.43. The van der Waals surface area contributed by atoms with Crippen LogP contribution in [0.4, 0.5) is 5.69 Å². The van der Waals surface area contributed by atoms with E-state index in [0.717, 1.165) is 12.2 Å². The molecular weight excluding hydrogens is 324 g/mol. The molecule has 1 saturated heterocycles. The number of carbonyl (C=O) groups is 1. The maximum absolute atomic E-state index is 11.9. The molecule has 1 aliphatic rings. The van der Waals surface area contributed by atoms with Crippen molar-refractivity contribution in [2.75, 3.05) is 25.0 Å². The summed E-state index contributed by atoms with van der Waals surface area (Å²) in [6.07, 6.45) is 2.59. The molecule has 0 aromatic heterocycles. The highest BCUT2D eigenvalue weighted by Gasteiger charge is 2.11. The number of anilines is 1. The average molecular weight is 345 g/mol. The standard InChI is InChI=1S/C19H21ClN2O2/c20-16-5-9-18(10-6-16)24-14-19(23)21-17-7-3-15(4-8-17)13-22-11-1-2-12-22/h3-10H,1-2,11-14H2,(H,21,23). The third kappa shape index (κ3) is 4.98. The van der Waals surface area contributed by atoms with Gasteiger partial charge in [0.2, 0.25) is 0 Å². The molecule has 3 rings (SSSR count). The maximum atomic E-state index is 11.9. The third-order valence-electron chi connectivity index (χ3n) is 4.03. The van der Waals surface area contributed by atoms with E-state index in [1.54, 1.807) is 24.3 Å². The highest BCUT2D eigenvalue weighted by atomic mass is 35.5. The van der Waals surface area contributed by atoms with E-state index in [-0.39, 0.29) is 12.5 Å². The Balaban J connectivity index is 1.46. The Morgan fingerprint density at radius 2 is 1.71 bits per heavy atom. The lowest BCUT2D eigenvalue weighted by molar-refractivity contribution is -0.118. The van der Waals surface area contributed by atoms with Gasteiger partial charge in [0.15, 0.2) is 6.61 Å². The highest BCUT2D eigenvalue weighted by molar-refractivity contribution is 6.30. The molecule has 1 heterocycles. The average Bonchev–Trinajstić information content (AvgIpc) is 3.09. The molecule has 0 unspecified atom stereocenters. The number of halogens is 1. The Kier molecular flexibility index (Phi) is 5.72. The summed E-state index contributed by atoms with van der Waals surface area (Å²) in [5.74, 6) is 0.438. The minimum Gasteiger partial charge on any atom is -0.484 e. The first kappa shape index (κ1) is 16.8. The number of hydrogen-bond donors (Lipinski definition) is 1. The van der Waals surface area contributed by atoms with Crippen LogP contribution in [0.2, 0.25) is 5.02 Å². The number of amides is 1. The van der Waals surface area contributed by atoms with Crippen molar-refractivity contribution in [3.8, 4) is 5.75 Å². The van der Waals surface area contributed by atoms with E-state index in [0.29, 0.717) is 10.8 Å². The van der Waals surface area contributed by atoms with Crippen molar-refractivity contribution in [2.45, 2.75) is 19.4 Å². The zero-order valence-electron chi connectivity index (χ0n) is 13.5. The zero-order chi connectivity index (χ0) is 16.8. The Labute approximate surface area is 147 Å². The predicted molar refractivity (Wildman–Crippen MR) is 96.5 cm³/mol. The lowest BCUT2D eigenvalue weighted by Crippen LogP contribution is -2.20. The summed E-state index contributed by atoms with van der Waals surface area (Å²) in [6, 6.07) is 14.9. The van der Waals surface area contributed by atoms with Crippen molar-refractivity contribution in [3.63, 3.8) is 0 Å². The lowest BCUT2D eigenvalue weighted by Gasteiger charge is -2.14. The van der Waals surface area contributed by atoms with Crippen LogP contribution in [0.15, 0.2) is 48.5 Å². The van der Waals surface area contributed by atoms with E-state index >= 15 is 0 Å². The fourth-order valence-corrected chi connectivity index (χ4v) is 2.90. The van der Waals surface area contributed by atoms with E-state index in [2.05, 4.69) is 22.3 Å². The van der Waals surface area contributed by atoms with Crippen LogP contribution in [0.5, 0.6) is 5.75 Å². The molecule has 2 aromatic carbocycles. The smallest absolute Gasteiger partial charge is 0.262 e. The molecule has 24 heavy (non-hydrogen) atoms. The van der Waals surface area contributed by atoms with E-state index in [1.807, 2.05) is 12.1 Å². The minimum absolute atomic E-state index is 0.0306. The van der Waals surface area contributed by atoms with Gasteiger partial charge in [0, 0.05) is 17.3 Å². The van der Waals surface area contributed by atoms with Gasteiger partial charge in [-0.25, -0.2) is 0 Å². The molecule has 4 nitrogen and oxygen atoms in total. The first-order chi connectivity index (χ1) is 11.7. The van der Waals surface area contributed by atoms with Crippen molar-refractivity contribution in [1.82, 2.24) is 4.90 Å². The summed E-state index contributed by atoms with van der Waals surface area (Å²) in [5, 5.41) is 3.48. The van der Waals surface area contributed by atoms with Gasteiger partial charge in [-0.1, -0.05) is 23.7 Å². The summed E-state index contributed by atoms with van der Waals surface area (Å²) in [5.41, 5.74) is 2.05. The fraction of sp³-hybridized carbons (Fsp3) is 0.316. The van der Waals surface area contributed by atoms with E-state index in [9.17, 15) is 4.79 Å². The molecule has 5 heteroatoms. The van der Waals surface area contributed by atoms with Crippen molar-refractivity contribution >= 4 is 23.2 Å². The molecule has 0 spiro atoms. The molecule has 0 saturated carbocycles. The molecule has 0 atom stereocenters. The van der Waals surface area contributed by atoms with Gasteiger partial charge in [0.05, 0.1) is 0 Å². The normalized spacial score (nSPS) is 14.5. The number of hydrogen-bond acceptors (Lipinski definition) is 3. The highest BCUT2D eigenvalue weighted by Crippen LogP contribution is 2.17.